The molecule has 0 radical (unpaired) electrons. The zero-order chi connectivity index (χ0) is 15.4. The number of carbonyl (C=O) groups is 2. The highest BCUT2D eigenvalue weighted by Gasteiger charge is 2.21. The monoisotopic (exact) mass is 289 g/mol. The Bertz CT molecular complexity index is 663. The normalized spacial score (nSPS) is 12.3. The molecule has 1 atom stereocenters. The van der Waals surface area contributed by atoms with Crippen molar-refractivity contribution < 1.29 is 14.7 Å². The second-order valence-electron chi connectivity index (χ2n) is 5.03. The average Bonchev–Trinajstić information content (AvgIpc) is 2.88. The van der Waals surface area contributed by atoms with E-state index in [9.17, 15) is 9.59 Å². The van der Waals surface area contributed by atoms with Gasteiger partial charge in [-0.2, -0.15) is 0 Å². The van der Waals surface area contributed by atoms with Crippen molar-refractivity contribution in [3.8, 4) is 0 Å². The van der Waals surface area contributed by atoms with Gasteiger partial charge in [0.1, 0.15) is 17.4 Å². The largest absolute Gasteiger partial charge is 0.480 e. The third kappa shape index (κ3) is 3.39. The van der Waals surface area contributed by atoms with Gasteiger partial charge in [-0.05, 0) is 25.5 Å². The predicted molar refractivity (Wildman–Crippen MR) is 78.3 cm³/mol. The maximum absolute atomic E-state index is 12.2. The molecule has 6 nitrogen and oxygen atoms in total. The number of aliphatic carboxylic acids is 1. The first-order chi connectivity index (χ1) is 10.0. The standard InChI is InChI=1S/C15H19N3O3/c1-3-4-7-11(15(20)21)17-14(19)12-9-18-10(2)6-5-8-13(18)16-12/h5-6,8-9,11H,3-4,7H2,1-2H3,(H,17,19)(H,20,21)/t11-/m0/s1. The van der Waals surface area contributed by atoms with Gasteiger partial charge in [0, 0.05) is 11.9 Å². The van der Waals surface area contributed by atoms with Gasteiger partial charge < -0.3 is 14.8 Å². The molecule has 0 aromatic carbocycles. The number of carboxylic acids is 1. The van der Waals surface area contributed by atoms with Crippen LogP contribution in [-0.4, -0.2) is 32.4 Å². The van der Waals surface area contributed by atoms with Gasteiger partial charge in [0.15, 0.2) is 0 Å². The van der Waals surface area contributed by atoms with Crippen LogP contribution in [0.25, 0.3) is 5.65 Å². The fourth-order valence-corrected chi connectivity index (χ4v) is 2.16. The lowest BCUT2D eigenvalue weighted by Gasteiger charge is -2.12. The number of carbonyl (C=O) groups excluding carboxylic acids is 1. The van der Waals surface area contributed by atoms with E-state index < -0.39 is 17.9 Å². The Labute approximate surface area is 122 Å². The molecule has 0 aliphatic heterocycles. The molecule has 1 amide bonds. The second-order valence-corrected chi connectivity index (χ2v) is 5.03. The summed E-state index contributed by atoms with van der Waals surface area (Å²) < 4.78 is 1.80. The lowest BCUT2D eigenvalue weighted by Crippen LogP contribution is -2.40. The molecular weight excluding hydrogens is 270 g/mol. The van der Waals surface area contributed by atoms with Gasteiger partial charge in [0.25, 0.3) is 5.91 Å². The fourth-order valence-electron chi connectivity index (χ4n) is 2.16. The van der Waals surface area contributed by atoms with Crippen LogP contribution in [0.1, 0.15) is 42.4 Å². The number of nitrogens with zero attached hydrogens (tertiary/aromatic N) is 2. The van der Waals surface area contributed by atoms with Crippen molar-refractivity contribution in [2.24, 2.45) is 0 Å². The van der Waals surface area contributed by atoms with Crippen molar-refractivity contribution >= 4 is 17.5 Å². The molecule has 21 heavy (non-hydrogen) atoms. The minimum absolute atomic E-state index is 0.229. The minimum Gasteiger partial charge on any atom is -0.480 e. The number of carboxylic acid groups (broad SMARTS) is 1. The summed E-state index contributed by atoms with van der Waals surface area (Å²) in [4.78, 5) is 27.5. The van der Waals surface area contributed by atoms with E-state index in [2.05, 4.69) is 10.3 Å². The van der Waals surface area contributed by atoms with E-state index in [1.165, 1.54) is 0 Å². The summed E-state index contributed by atoms with van der Waals surface area (Å²) in [5, 5.41) is 11.7. The van der Waals surface area contributed by atoms with Crippen LogP contribution < -0.4 is 5.32 Å². The molecule has 0 aliphatic rings. The Hall–Kier alpha value is -2.37. The lowest BCUT2D eigenvalue weighted by atomic mass is 10.1. The molecule has 0 bridgehead atoms. The zero-order valence-corrected chi connectivity index (χ0v) is 12.2. The molecule has 2 rings (SSSR count). The average molecular weight is 289 g/mol. The van der Waals surface area contributed by atoms with E-state index in [1.54, 1.807) is 16.7 Å². The van der Waals surface area contributed by atoms with Crippen molar-refractivity contribution in [2.75, 3.05) is 0 Å². The van der Waals surface area contributed by atoms with Crippen LogP contribution in [0.5, 0.6) is 0 Å². The van der Waals surface area contributed by atoms with E-state index >= 15 is 0 Å². The smallest absolute Gasteiger partial charge is 0.326 e. The Morgan fingerprint density at radius 2 is 2.19 bits per heavy atom. The second kappa shape index (κ2) is 6.39. The van der Waals surface area contributed by atoms with Gasteiger partial charge in [0.2, 0.25) is 0 Å². The van der Waals surface area contributed by atoms with Crippen molar-refractivity contribution in [1.82, 2.24) is 14.7 Å². The first-order valence-corrected chi connectivity index (χ1v) is 7.01. The quantitative estimate of drug-likeness (QED) is 0.852. The molecule has 2 aromatic heterocycles. The van der Waals surface area contributed by atoms with Gasteiger partial charge in [-0.25, -0.2) is 9.78 Å². The highest BCUT2D eigenvalue weighted by atomic mass is 16.4. The van der Waals surface area contributed by atoms with Crippen LogP contribution >= 0.6 is 0 Å². The van der Waals surface area contributed by atoms with E-state index in [4.69, 9.17) is 5.11 Å². The molecule has 2 heterocycles. The summed E-state index contributed by atoms with van der Waals surface area (Å²) in [5.41, 5.74) is 1.85. The molecule has 0 aliphatic carbocycles. The lowest BCUT2D eigenvalue weighted by molar-refractivity contribution is -0.139. The van der Waals surface area contributed by atoms with Crippen LogP contribution in [0, 0.1) is 6.92 Å². The Morgan fingerprint density at radius 1 is 1.43 bits per heavy atom. The molecule has 0 fully saturated rings. The van der Waals surface area contributed by atoms with Gasteiger partial charge >= 0.3 is 5.97 Å². The van der Waals surface area contributed by atoms with E-state index in [0.29, 0.717) is 12.1 Å². The molecule has 0 spiro atoms. The highest BCUT2D eigenvalue weighted by Crippen LogP contribution is 2.09. The molecule has 2 aromatic rings. The third-order valence-corrected chi connectivity index (χ3v) is 3.38. The summed E-state index contributed by atoms with van der Waals surface area (Å²) in [6, 6.07) is 4.71. The summed E-state index contributed by atoms with van der Waals surface area (Å²) in [5.74, 6) is -1.47. The Morgan fingerprint density at radius 3 is 2.81 bits per heavy atom. The maximum Gasteiger partial charge on any atom is 0.326 e. The number of imidazole rings is 1. The van der Waals surface area contributed by atoms with Crippen LogP contribution in [-0.2, 0) is 4.79 Å². The van der Waals surface area contributed by atoms with Gasteiger partial charge in [-0.15, -0.1) is 0 Å². The summed E-state index contributed by atoms with van der Waals surface area (Å²) in [6.45, 7) is 3.89. The Kier molecular flexibility index (Phi) is 4.57. The molecule has 112 valence electrons. The number of amides is 1. The van der Waals surface area contributed by atoms with Gasteiger partial charge in [-0.1, -0.05) is 25.8 Å². The Balaban J connectivity index is 2.17. The molecule has 0 saturated heterocycles. The maximum atomic E-state index is 12.2. The van der Waals surface area contributed by atoms with Crippen LogP contribution in [0.4, 0.5) is 0 Å². The molecule has 2 N–H and O–H groups in total. The number of pyridine rings is 1. The predicted octanol–water partition coefficient (Wildman–Crippen LogP) is 2.02. The summed E-state index contributed by atoms with van der Waals surface area (Å²) in [6.07, 6.45) is 3.68. The third-order valence-electron chi connectivity index (χ3n) is 3.38. The number of rotatable bonds is 6. The zero-order valence-electron chi connectivity index (χ0n) is 12.2. The van der Waals surface area contributed by atoms with Gasteiger partial charge in [-0.3, -0.25) is 4.79 Å². The molecule has 6 heteroatoms. The first-order valence-electron chi connectivity index (χ1n) is 7.01. The number of hydrogen-bond donors (Lipinski definition) is 2. The molecule has 0 unspecified atom stereocenters. The molecular formula is C15H19N3O3. The van der Waals surface area contributed by atoms with Crippen LogP contribution in [0.15, 0.2) is 24.4 Å². The van der Waals surface area contributed by atoms with Crippen LogP contribution in [0.2, 0.25) is 0 Å². The number of unbranched alkanes of at least 4 members (excludes halogenated alkanes) is 1. The van der Waals surface area contributed by atoms with Crippen LogP contribution in [0.3, 0.4) is 0 Å². The minimum atomic E-state index is -1.02. The van der Waals surface area contributed by atoms with Crippen molar-refractivity contribution in [1.29, 1.82) is 0 Å². The van der Waals surface area contributed by atoms with Crippen molar-refractivity contribution in [3.05, 3.63) is 35.8 Å². The first kappa shape index (κ1) is 15.0. The topological polar surface area (TPSA) is 83.7 Å². The number of hydrogen-bond acceptors (Lipinski definition) is 3. The number of aromatic nitrogens is 2. The number of nitrogens with one attached hydrogen (secondary N) is 1. The molecule has 0 saturated carbocycles. The SMILES string of the molecule is CCCC[C@H](NC(=O)c1cn2c(C)cccc2n1)C(=O)O. The summed E-state index contributed by atoms with van der Waals surface area (Å²) >= 11 is 0. The van der Waals surface area contributed by atoms with E-state index in [-0.39, 0.29) is 5.69 Å². The highest BCUT2D eigenvalue weighted by molar-refractivity contribution is 5.95. The van der Waals surface area contributed by atoms with Gasteiger partial charge in [0.05, 0.1) is 0 Å². The number of aryl methyl sites for hydroxylation is 1. The van der Waals surface area contributed by atoms with E-state index in [0.717, 1.165) is 18.5 Å². The number of fused-ring (bicyclic) bond motifs is 1. The fraction of sp³-hybridized carbons (Fsp3) is 0.400. The van der Waals surface area contributed by atoms with E-state index in [1.807, 2.05) is 26.0 Å². The summed E-state index contributed by atoms with van der Waals surface area (Å²) in [7, 11) is 0. The van der Waals surface area contributed by atoms with Crippen molar-refractivity contribution in [2.45, 2.75) is 39.2 Å². The van der Waals surface area contributed by atoms with Crippen molar-refractivity contribution in [3.63, 3.8) is 0 Å².